The first-order valence-electron chi connectivity index (χ1n) is 6.62. The lowest BCUT2D eigenvalue weighted by Crippen LogP contribution is -2.57. The fraction of sp³-hybridized carbons (Fsp3) is 0.846. The number of piperidine rings is 1. The van der Waals surface area contributed by atoms with Crippen LogP contribution in [0.5, 0.6) is 0 Å². The summed E-state index contributed by atoms with van der Waals surface area (Å²) in [5.74, 6) is 0.533. The van der Waals surface area contributed by atoms with Gasteiger partial charge in [-0.3, -0.25) is 4.79 Å². The normalized spacial score (nSPS) is 25.4. The summed E-state index contributed by atoms with van der Waals surface area (Å²) in [6.07, 6.45) is 1.72. The lowest BCUT2D eigenvalue weighted by atomic mass is 9.81. The summed E-state index contributed by atoms with van der Waals surface area (Å²) in [7, 11) is 0. The molecule has 0 saturated carbocycles. The molecule has 2 rings (SSSR count). The third-order valence-electron chi connectivity index (χ3n) is 3.46. The number of hydrogen-bond acceptors (Lipinski definition) is 3. The van der Waals surface area contributed by atoms with Gasteiger partial charge in [0.1, 0.15) is 5.60 Å². The predicted molar refractivity (Wildman–Crippen MR) is 67.0 cm³/mol. The molecule has 2 amide bonds. The van der Waals surface area contributed by atoms with Gasteiger partial charge in [-0.1, -0.05) is 0 Å². The maximum atomic E-state index is 11.8. The van der Waals surface area contributed by atoms with E-state index in [1.54, 1.807) is 4.90 Å². The molecule has 5 nitrogen and oxygen atoms in total. The highest BCUT2D eigenvalue weighted by Crippen LogP contribution is 2.30. The van der Waals surface area contributed by atoms with E-state index in [0.717, 1.165) is 19.4 Å². The van der Waals surface area contributed by atoms with Crippen LogP contribution in [0.15, 0.2) is 0 Å². The van der Waals surface area contributed by atoms with Crippen molar-refractivity contribution in [1.82, 2.24) is 10.2 Å². The van der Waals surface area contributed by atoms with Crippen molar-refractivity contribution in [1.29, 1.82) is 0 Å². The van der Waals surface area contributed by atoms with Crippen LogP contribution >= 0.6 is 0 Å². The van der Waals surface area contributed by atoms with Gasteiger partial charge in [-0.2, -0.15) is 0 Å². The van der Waals surface area contributed by atoms with Gasteiger partial charge >= 0.3 is 6.09 Å². The molecule has 0 radical (unpaired) electrons. The number of amides is 2. The highest BCUT2D eigenvalue weighted by atomic mass is 16.6. The number of ether oxygens (including phenoxy) is 1. The van der Waals surface area contributed by atoms with Crippen LogP contribution in [0, 0.1) is 11.8 Å². The molecular weight excluding hydrogens is 232 g/mol. The Bertz CT molecular complexity index is 343. The third-order valence-corrected chi connectivity index (χ3v) is 3.46. The Morgan fingerprint density at radius 1 is 1.39 bits per heavy atom. The van der Waals surface area contributed by atoms with Gasteiger partial charge in [0, 0.05) is 31.5 Å². The van der Waals surface area contributed by atoms with E-state index in [4.69, 9.17) is 4.74 Å². The number of hydrogen-bond donors (Lipinski definition) is 1. The molecule has 18 heavy (non-hydrogen) atoms. The van der Waals surface area contributed by atoms with Crippen LogP contribution in [-0.4, -0.2) is 42.1 Å². The second-order valence-corrected chi connectivity index (χ2v) is 6.19. The SMILES string of the molecule is CC(C)(C)OC(=O)N1CC([C@@H]2CCCNC2=O)C1. The molecule has 0 spiro atoms. The van der Waals surface area contributed by atoms with Crippen molar-refractivity contribution in [2.75, 3.05) is 19.6 Å². The lowest BCUT2D eigenvalue weighted by Gasteiger charge is -2.43. The monoisotopic (exact) mass is 254 g/mol. The molecule has 2 aliphatic heterocycles. The largest absolute Gasteiger partial charge is 0.444 e. The summed E-state index contributed by atoms with van der Waals surface area (Å²) < 4.78 is 5.29. The smallest absolute Gasteiger partial charge is 0.410 e. The highest BCUT2D eigenvalue weighted by molar-refractivity contribution is 5.80. The van der Waals surface area contributed by atoms with E-state index in [0.29, 0.717) is 19.0 Å². The second-order valence-electron chi connectivity index (χ2n) is 6.19. The van der Waals surface area contributed by atoms with Gasteiger partial charge in [0.2, 0.25) is 5.91 Å². The number of nitrogens with one attached hydrogen (secondary N) is 1. The van der Waals surface area contributed by atoms with Crippen molar-refractivity contribution in [3.05, 3.63) is 0 Å². The molecular formula is C13H22N2O3. The van der Waals surface area contributed by atoms with Crippen LogP contribution in [0.3, 0.4) is 0 Å². The Labute approximate surface area is 108 Å². The van der Waals surface area contributed by atoms with Gasteiger partial charge in [-0.05, 0) is 33.6 Å². The molecule has 1 atom stereocenters. The third kappa shape index (κ3) is 2.94. The summed E-state index contributed by atoms with van der Waals surface area (Å²) in [6, 6.07) is 0. The molecule has 2 aliphatic rings. The van der Waals surface area contributed by atoms with Crippen LogP contribution in [0.25, 0.3) is 0 Å². The second kappa shape index (κ2) is 4.78. The van der Waals surface area contributed by atoms with Crippen molar-refractivity contribution in [3.8, 4) is 0 Å². The number of carbonyl (C=O) groups is 2. The van der Waals surface area contributed by atoms with E-state index in [9.17, 15) is 9.59 Å². The van der Waals surface area contributed by atoms with Crippen molar-refractivity contribution < 1.29 is 14.3 Å². The fourth-order valence-electron chi connectivity index (χ4n) is 2.49. The van der Waals surface area contributed by atoms with Gasteiger partial charge < -0.3 is 15.0 Å². The van der Waals surface area contributed by atoms with Crippen LogP contribution in [0.2, 0.25) is 0 Å². The maximum absolute atomic E-state index is 11.8. The zero-order valence-electron chi connectivity index (χ0n) is 11.4. The molecule has 2 fully saturated rings. The van der Waals surface area contributed by atoms with Gasteiger partial charge in [0.15, 0.2) is 0 Å². The summed E-state index contributed by atoms with van der Waals surface area (Å²) in [6.45, 7) is 7.65. The van der Waals surface area contributed by atoms with Crippen molar-refractivity contribution in [3.63, 3.8) is 0 Å². The Morgan fingerprint density at radius 3 is 2.61 bits per heavy atom. The molecule has 5 heteroatoms. The quantitative estimate of drug-likeness (QED) is 0.769. The number of likely N-dealkylation sites (tertiary alicyclic amines) is 1. The summed E-state index contributed by atoms with van der Waals surface area (Å²) >= 11 is 0. The van der Waals surface area contributed by atoms with Gasteiger partial charge in [-0.15, -0.1) is 0 Å². The number of rotatable bonds is 1. The van der Waals surface area contributed by atoms with Crippen LogP contribution in [0.1, 0.15) is 33.6 Å². The molecule has 0 aromatic heterocycles. The van der Waals surface area contributed by atoms with Crippen LogP contribution in [0.4, 0.5) is 4.79 Å². The van der Waals surface area contributed by atoms with E-state index in [1.807, 2.05) is 20.8 Å². The van der Waals surface area contributed by atoms with E-state index in [1.165, 1.54) is 0 Å². The van der Waals surface area contributed by atoms with E-state index < -0.39 is 5.60 Å². The molecule has 102 valence electrons. The minimum atomic E-state index is -0.454. The van der Waals surface area contributed by atoms with E-state index in [-0.39, 0.29) is 17.9 Å². The predicted octanol–water partition coefficient (Wildman–Crippen LogP) is 1.38. The maximum Gasteiger partial charge on any atom is 0.410 e. The Kier molecular flexibility index (Phi) is 3.50. The van der Waals surface area contributed by atoms with Crippen molar-refractivity contribution in [2.45, 2.75) is 39.2 Å². The average molecular weight is 254 g/mol. The highest BCUT2D eigenvalue weighted by Gasteiger charge is 2.41. The summed E-state index contributed by atoms with van der Waals surface area (Å²) in [4.78, 5) is 25.1. The lowest BCUT2D eigenvalue weighted by molar-refractivity contribution is -0.131. The fourth-order valence-corrected chi connectivity index (χ4v) is 2.49. The first-order valence-corrected chi connectivity index (χ1v) is 6.62. The molecule has 2 saturated heterocycles. The Morgan fingerprint density at radius 2 is 2.06 bits per heavy atom. The van der Waals surface area contributed by atoms with E-state index >= 15 is 0 Å². The molecule has 1 N–H and O–H groups in total. The first-order chi connectivity index (χ1) is 8.37. The average Bonchev–Trinajstić information content (AvgIpc) is 2.15. The molecule has 0 aromatic rings. The minimum Gasteiger partial charge on any atom is -0.444 e. The molecule has 0 unspecified atom stereocenters. The molecule has 2 heterocycles. The Balaban J connectivity index is 1.79. The minimum absolute atomic E-state index is 0.0810. The zero-order chi connectivity index (χ0) is 13.3. The van der Waals surface area contributed by atoms with Gasteiger partial charge in [0.05, 0.1) is 0 Å². The standard InChI is InChI=1S/C13H22N2O3/c1-13(2,3)18-12(17)15-7-9(8-15)10-5-4-6-14-11(10)16/h9-10H,4-8H2,1-3H3,(H,14,16)/t10-/m0/s1. The molecule has 0 aromatic carbocycles. The van der Waals surface area contributed by atoms with Crippen LogP contribution in [-0.2, 0) is 9.53 Å². The van der Waals surface area contributed by atoms with Crippen molar-refractivity contribution in [2.24, 2.45) is 11.8 Å². The number of nitrogens with zero attached hydrogens (tertiary/aromatic N) is 1. The summed E-state index contributed by atoms with van der Waals surface area (Å²) in [5, 5.41) is 2.89. The summed E-state index contributed by atoms with van der Waals surface area (Å²) in [5.41, 5.74) is -0.454. The molecule has 0 aliphatic carbocycles. The van der Waals surface area contributed by atoms with Crippen LogP contribution < -0.4 is 5.32 Å². The number of carbonyl (C=O) groups excluding carboxylic acids is 2. The zero-order valence-corrected chi connectivity index (χ0v) is 11.4. The van der Waals surface area contributed by atoms with E-state index in [2.05, 4.69) is 5.32 Å². The molecule has 0 bridgehead atoms. The van der Waals surface area contributed by atoms with Gasteiger partial charge in [0.25, 0.3) is 0 Å². The van der Waals surface area contributed by atoms with Gasteiger partial charge in [-0.25, -0.2) is 4.79 Å². The topological polar surface area (TPSA) is 58.6 Å². The Hall–Kier alpha value is -1.26. The van der Waals surface area contributed by atoms with Crippen molar-refractivity contribution >= 4 is 12.0 Å². The first kappa shape index (κ1) is 13.2.